The van der Waals surface area contributed by atoms with Gasteiger partial charge in [-0.1, -0.05) is 66.5 Å². The molecule has 2 heterocycles. The van der Waals surface area contributed by atoms with Crippen LogP contribution in [-0.2, 0) is 4.79 Å². The summed E-state index contributed by atoms with van der Waals surface area (Å²) in [6.07, 6.45) is 0.789. The number of hydrogen-bond acceptors (Lipinski definition) is 5. The maximum absolute atomic E-state index is 13.5. The third-order valence-corrected chi connectivity index (χ3v) is 7.79. The van der Waals surface area contributed by atoms with Crippen LogP contribution >= 0.6 is 35.3 Å². The number of fused-ring (bicyclic) bond motifs is 2. The molecule has 0 spiro atoms. The molecule has 0 saturated heterocycles. The van der Waals surface area contributed by atoms with Gasteiger partial charge in [-0.15, -0.1) is 0 Å². The van der Waals surface area contributed by atoms with E-state index in [1.54, 1.807) is 35.3 Å². The number of para-hydroxylation sites is 2. The minimum absolute atomic E-state index is 0.117. The SMILES string of the molecule is CC[C@H](SC1=NCCS1)C(=O)N1c2ccccc2Sc2ccccc21. The Morgan fingerprint density at radius 1 is 1.16 bits per heavy atom. The van der Waals surface area contributed by atoms with Gasteiger partial charge in [-0.25, -0.2) is 0 Å². The molecular formula is C19H18N2OS3. The molecule has 0 radical (unpaired) electrons. The van der Waals surface area contributed by atoms with Crippen LogP contribution in [0.25, 0.3) is 0 Å². The summed E-state index contributed by atoms with van der Waals surface area (Å²) in [6, 6.07) is 16.3. The molecule has 2 aliphatic heterocycles. The van der Waals surface area contributed by atoms with Crippen molar-refractivity contribution in [1.29, 1.82) is 0 Å². The van der Waals surface area contributed by atoms with Crippen molar-refractivity contribution in [3.63, 3.8) is 0 Å². The fraction of sp³-hybridized carbons (Fsp3) is 0.263. The van der Waals surface area contributed by atoms with Crippen molar-refractivity contribution >= 4 is 56.9 Å². The molecule has 6 heteroatoms. The molecule has 2 aromatic carbocycles. The van der Waals surface area contributed by atoms with Gasteiger partial charge in [0.2, 0.25) is 5.91 Å². The molecule has 0 fully saturated rings. The summed E-state index contributed by atoms with van der Waals surface area (Å²) < 4.78 is 1.05. The quantitative estimate of drug-likeness (QED) is 0.704. The first-order chi connectivity index (χ1) is 12.3. The van der Waals surface area contributed by atoms with Crippen LogP contribution in [0.2, 0.25) is 0 Å². The number of amides is 1. The Hall–Kier alpha value is -1.37. The number of carbonyl (C=O) groups is 1. The maximum Gasteiger partial charge on any atom is 0.245 e. The molecule has 0 aromatic heterocycles. The van der Waals surface area contributed by atoms with Crippen molar-refractivity contribution < 1.29 is 4.79 Å². The van der Waals surface area contributed by atoms with Crippen molar-refractivity contribution in [3.05, 3.63) is 48.5 Å². The normalized spacial score (nSPS) is 16.8. The molecule has 3 nitrogen and oxygen atoms in total. The van der Waals surface area contributed by atoms with Crippen LogP contribution in [0.15, 0.2) is 63.3 Å². The van der Waals surface area contributed by atoms with Crippen molar-refractivity contribution in [1.82, 2.24) is 0 Å². The lowest BCUT2D eigenvalue weighted by Gasteiger charge is -2.33. The van der Waals surface area contributed by atoms with Crippen LogP contribution in [-0.4, -0.2) is 27.8 Å². The van der Waals surface area contributed by atoms with Crippen LogP contribution in [0, 0.1) is 0 Å². The second-order valence-electron chi connectivity index (χ2n) is 5.72. The molecule has 4 rings (SSSR count). The summed E-state index contributed by atoms with van der Waals surface area (Å²) in [5.41, 5.74) is 1.97. The van der Waals surface area contributed by atoms with E-state index in [1.807, 2.05) is 41.3 Å². The first-order valence-electron chi connectivity index (χ1n) is 8.31. The maximum atomic E-state index is 13.5. The monoisotopic (exact) mass is 386 g/mol. The highest BCUT2D eigenvalue weighted by atomic mass is 32.2. The molecular weight excluding hydrogens is 368 g/mol. The van der Waals surface area contributed by atoms with E-state index in [4.69, 9.17) is 0 Å². The minimum Gasteiger partial charge on any atom is -0.278 e. The Morgan fingerprint density at radius 2 is 1.80 bits per heavy atom. The Morgan fingerprint density at radius 3 is 2.36 bits per heavy atom. The zero-order valence-electron chi connectivity index (χ0n) is 13.8. The second kappa shape index (κ2) is 7.48. The van der Waals surface area contributed by atoms with E-state index in [1.165, 1.54) is 0 Å². The fourth-order valence-electron chi connectivity index (χ4n) is 2.90. The van der Waals surface area contributed by atoms with E-state index in [-0.39, 0.29) is 11.2 Å². The second-order valence-corrected chi connectivity index (χ2v) is 9.34. The van der Waals surface area contributed by atoms with Gasteiger partial charge in [-0.3, -0.25) is 14.7 Å². The molecule has 0 unspecified atom stereocenters. The first-order valence-corrected chi connectivity index (χ1v) is 11.0. The van der Waals surface area contributed by atoms with Crippen molar-refractivity contribution in [2.75, 3.05) is 17.2 Å². The number of thioether (sulfide) groups is 2. The lowest BCUT2D eigenvalue weighted by atomic mass is 10.2. The van der Waals surface area contributed by atoms with Gasteiger partial charge in [0.15, 0.2) is 0 Å². The van der Waals surface area contributed by atoms with Crippen molar-refractivity contribution in [2.24, 2.45) is 4.99 Å². The Labute approximate surface area is 160 Å². The summed E-state index contributed by atoms with van der Waals surface area (Å²) in [6.45, 7) is 2.94. The predicted octanol–water partition coefficient (Wildman–Crippen LogP) is 5.43. The van der Waals surface area contributed by atoms with Gasteiger partial charge >= 0.3 is 0 Å². The van der Waals surface area contributed by atoms with Gasteiger partial charge in [-0.05, 0) is 30.7 Å². The Bertz CT molecular complexity index is 791. The van der Waals surface area contributed by atoms with Crippen LogP contribution in [0.5, 0.6) is 0 Å². The number of rotatable bonds is 3. The Balaban J connectivity index is 1.71. The number of hydrogen-bond donors (Lipinski definition) is 0. The summed E-state index contributed by atoms with van der Waals surface area (Å²) in [5.74, 6) is 1.17. The number of nitrogens with zero attached hydrogens (tertiary/aromatic N) is 2. The number of aliphatic imine (C=N–C) groups is 1. The molecule has 1 amide bonds. The third kappa shape index (κ3) is 3.35. The highest BCUT2D eigenvalue weighted by molar-refractivity contribution is 8.39. The summed E-state index contributed by atoms with van der Waals surface area (Å²) in [4.78, 5) is 22.1. The van der Waals surface area contributed by atoms with Crippen molar-refractivity contribution in [2.45, 2.75) is 28.4 Å². The zero-order chi connectivity index (χ0) is 17.2. The number of anilines is 2. The lowest BCUT2D eigenvalue weighted by molar-refractivity contribution is -0.117. The Kier molecular flexibility index (Phi) is 5.10. The highest BCUT2D eigenvalue weighted by Crippen LogP contribution is 2.48. The van der Waals surface area contributed by atoms with Crippen LogP contribution in [0.3, 0.4) is 0 Å². The first kappa shape index (κ1) is 17.1. The molecule has 2 aliphatic rings. The van der Waals surface area contributed by atoms with Crippen LogP contribution < -0.4 is 4.90 Å². The molecule has 0 saturated carbocycles. The van der Waals surface area contributed by atoms with Gasteiger partial charge in [0.1, 0.15) is 4.38 Å². The number of carbonyl (C=O) groups excluding carboxylic acids is 1. The van der Waals surface area contributed by atoms with Gasteiger partial charge in [0.25, 0.3) is 0 Å². The van der Waals surface area contributed by atoms with Crippen LogP contribution in [0.1, 0.15) is 13.3 Å². The molecule has 25 heavy (non-hydrogen) atoms. The van der Waals surface area contributed by atoms with Crippen LogP contribution in [0.4, 0.5) is 11.4 Å². The van der Waals surface area contributed by atoms with Gasteiger partial charge in [0.05, 0.1) is 23.2 Å². The molecule has 0 bridgehead atoms. The van der Waals surface area contributed by atoms with Gasteiger partial charge in [0, 0.05) is 15.5 Å². The minimum atomic E-state index is -0.117. The fourth-order valence-corrected chi connectivity index (χ4v) is 6.15. The summed E-state index contributed by atoms with van der Waals surface area (Å²) in [7, 11) is 0. The molecule has 1 atom stereocenters. The zero-order valence-corrected chi connectivity index (χ0v) is 16.3. The molecule has 128 valence electrons. The average Bonchev–Trinajstić information content (AvgIpc) is 3.16. The largest absolute Gasteiger partial charge is 0.278 e. The van der Waals surface area contributed by atoms with Crippen molar-refractivity contribution in [3.8, 4) is 0 Å². The summed E-state index contributed by atoms with van der Waals surface area (Å²) >= 11 is 5.11. The van der Waals surface area contributed by atoms with E-state index in [9.17, 15) is 4.79 Å². The van der Waals surface area contributed by atoms with E-state index in [0.29, 0.717) is 0 Å². The smallest absolute Gasteiger partial charge is 0.245 e. The van der Waals surface area contributed by atoms with E-state index < -0.39 is 0 Å². The number of benzene rings is 2. The molecule has 0 N–H and O–H groups in total. The lowest BCUT2D eigenvalue weighted by Crippen LogP contribution is -2.36. The predicted molar refractivity (Wildman–Crippen MR) is 111 cm³/mol. The van der Waals surface area contributed by atoms with Gasteiger partial charge in [-0.2, -0.15) is 0 Å². The van der Waals surface area contributed by atoms with E-state index in [2.05, 4.69) is 24.0 Å². The highest BCUT2D eigenvalue weighted by Gasteiger charge is 2.33. The average molecular weight is 387 g/mol. The van der Waals surface area contributed by atoms with E-state index >= 15 is 0 Å². The standard InChI is InChI=1S/C19H18N2OS3/c1-2-15(25-19-20-11-12-23-19)18(22)21-13-7-3-5-9-16(13)24-17-10-6-4-8-14(17)21/h3-10,15H,2,11-12H2,1H3/t15-/m0/s1. The third-order valence-electron chi connectivity index (χ3n) is 4.10. The molecule has 2 aromatic rings. The molecule has 0 aliphatic carbocycles. The van der Waals surface area contributed by atoms with Gasteiger partial charge < -0.3 is 0 Å². The topological polar surface area (TPSA) is 32.7 Å². The van der Waals surface area contributed by atoms with E-state index in [0.717, 1.165) is 44.3 Å². The summed E-state index contributed by atoms with van der Waals surface area (Å²) in [5, 5.41) is -0.117.